The zero-order chi connectivity index (χ0) is 12.2. The van der Waals surface area contributed by atoms with Crippen molar-refractivity contribution in [2.24, 2.45) is 5.92 Å². The summed E-state index contributed by atoms with van der Waals surface area (Å²) in [5, 5.41) is 3.18. The van der Waals surface area contributed by atoms with Crippen molar-refractivity contribution in [3.63, 3.8) is 0 Å². The van der Waals surface area contributed by atoms with E-state index in [2.05, 4.69) is 19.2 Å². The number of rotatable bonds is 5. The first-order chi connectivity index (χ1) is 7.37. The van der Waals surface area contributed by atoms with Crippen molar-refractivity contribution in [3.8, 4) is 0 Å². The molecule has 0 spiro atoms. The fourth-order valence-electron chi connectivity index (χ4n) is 1.41. The maximum Gasteiger partial charge on any atom is 0.406 e. The summed E-state index contributed by atoms with van der Waals surface area (Å²) in [7, 11) is 0. The molecular formula is C11H17F3N2. The van der Waals surface area contributed by atoms with Crippen LogP contribution in [0.5, 0.6) is 0 Å². The minimum atomic E-state index is -4.15. The lowest BCUT2D eigenvalue weighted by Gasteiger charge is -2.07. The van der Waals surface area contributed by atoms with Gasteiger partial charge in [0.05, 0.1) is 0 Å². The Bertz CT molecular complexity index is 315. The van der Waals surface area contributed by atoms with E-state index in [-0.39, 0.29) is 0 Å². The third-order valence-electron chi connectivity index (χ3n) is 2.06. The SMILES string of the molecule is CC(C)CNCc1ccn(CC(F)(F)F)c1. The van der Waals surface area contributed by atoms with Crippen LogP contribution in [-0.2, 0) is 13.1 Å². The second-order valence-electron chi connectivity index (χ2n) is 4.33. The number of nitrogens with one attached hydrogen (secondary N) is 1. The van der Waals surface area contributed by atoms with Gasteiger partial charge in [-0.15, -0.1) is 0 Å². The molecular weight excluding hydrogens is 217 g/mol. The summed E-state index contributed by atoms with van der Waals surface area (Å²) in [4.78, 5) is 0. The standard InChI is InChI=1S/C11H17F3N2/c1-9(2)5-15-6-10-3-4-16(7-10)8-11(12,13)14/h3-4,7,9,15H,5-6,8H2,1-2H3. The van der Waals surface area contributed by atoms with Crippen molar-refractivity contribution in [1.29, 1.82) is 0 Å². The first kappa shape index (κ1) is 13.1. The number of alkyl halides is 3. The van der Waals surface area contributed by atoms with Crippen molar-refractivity contribution in [2.75, 3.05) is 6.54 Å². The molecule has 5 heteroatoms. The highest BCUT2D eigenvalue weighted by atomic mass is 19.4. The minimum Gasteiger partial charge on any atom is -0.345 e. The van der Waals surface area contributed by atoms with E-state index in [1.54, 1.807) is 6.07 Å². The molecule has 0 saturated carbocycles. The molecule has 1 N–H and O–H groups in total. The Morgan fingerprint density at radius 3 is 2.62 bits per heavy atom. The molecule has 92 valence electrons. The third-order valence-corrected chi connectivity index (χ3v) is 2.06. The first-order valence-electron chi connectivity index (χ1n) is 5.29. The van der Waals surface area contributed by atoms with Crippen LogP contribution >= 0.6 is 0 Å². The van der Waals surface area contributed by atoms with E-state index in [4.69, 9.17) is 0 Å². The first-order valence-corrected chi connectivity index (χ1v) is 5.29. The van der Waals surface area contributed by atoms with Gasteiger partial charge in [-0.2, -0.15) is 13.2 Å². The van der Waals surface area contributed by atoms with Crippen LogP contribution in [0.1, 0.15) is 19.4 Å². The Morgan fingerprint density at radius 2 is 2.06 bits per heavy atom. The van der Waals surface area contributed by atoms with Gasteiger partial charge < -0.3 is 9.88 Å². The predicted molar refractivity (Wildman–Crippen MR) is 57.0 cm³/mol. The molecule has 1 rings (SSSR count). The van der Waals surface area contributed by atoms with E-state index in [1.165, 1.54) is 12.4 Å². The molecule has 1 aromatic heterocycles. The van der Waals surface area contributed by atoms with E-state index in [0.29, 0.717) is 12.5 Å². The van der Waals surface area contributed by atoms with E-state index < -0.39 is 12.7 Å². The largest absolute Gasteiger partial charge is 0.406 e. The highest BCUT2D eigenvalue weighted by Gasteiger charge is 2.27. The smallest absolute Gasteiger partial charge is 0.345 e. The van der Waals surface area contributed by atoms with Crippen molar-refractivity contribution in [3.05, 3.63) is 24.0 Å². The Kier molecular flexibility index (Phi) is 4.41. The fraction of sp³-hybridized carbons (Fsp3) is 0.636. The maximum absolute atomic E-state index is 12.1. The molecule has 0 aromatic carbocycles. The highest BCUT2D eigenvalue weighted by Crippen LogP contribution is 2.17. The molecule has 1 aromatic rings. The quantitative estimate of drug-likeness (QED) is 0.829. The van der Waals surface area contributed by atoms with Crippen LogP contribution in [0.2, 0.25) is 0 Å². The molecule has 2 nitrogen and oxygen atoms in total. The fourth-order valence-corrected chi connectivity index (χ4v) is 1.41. The summed E-state index contributed by atoms with van der Waals surface area (Å²) in [6.45, 7) is 4.73. The zero-order valence-corrected chi connectivity index (χ0v) is 9.51. The molecule has 0 bridgehead atoms. The Hall–Kier alpha value is -0.970. The lowest BCUT2D eigenvalue weighted by atomic mass is 10.2. The molecule has 1 heterocycles. The van der Waals surface area contributed by atoms with E-state index in [9.17, 15) is 13.2 Å². The van der Waals surface area contributed by atoms with Gasteiger partial charge in [-0.05, 0) is 24.1 Å². The van der Waals surface area contributed by atoms with Crippen molar-refractivity contribution < 1.29 is 13.2 Å². The van der Waals surface area contributed by atoms with Crippen molar-refractivity contribution in [1.82, 2.24) is 9.88 Å². The van der Waals surface area contributed by atoms with Crippen LogP contribution in [0.15, 0.2) is 18.5 Å². The number of hydrogen-bond acceptors (Lipinski definition) is 1. The molecule has 0 radical (unpaired) electrons. The van der Waals surface area contributed by atoms with Crippen LogP contribution in [0, 0.1) is 5.92 Å². The van der Waals surface area contributed by atoms with E-state index in [1.807, 2.05) is 0 Å². The van der Waals surface area contributed by atoms with Gasteiger partial charge in [0, 0.05) is 18.9 Å². The number of nitrogens with zero attached hydrogens (tertiary/aromatic N) is 1. The van der Waals surface area contributed by atoms with Gasteiger partial charge in [-0.3, -0.25) is 0 Å². The van der Waals surface area contributed by atoms with Crippen LogP contribution in [0.3, 0.4) is 0 Å². The minimum absolute atomic E-state index is 0.539. The van der Waals surface area contributed by atoms with Gasteiger partial charge in [-0.1, -0.05) is 13.8 Å². The molecule has 0 unspecified atom stereocenters. The summed E-state index contributed by atoms with van der Waals surface area (Å²) < 4.78 is 37.4. The normalized spacial score (nSPS) is 12.4. The van der Waals surface area contributed by atoms with Crippen LogP contribution < -0.4 is 5.32 Å². The molecule has 0 atom stereocenters. The van der Waals surface area contributed by atoms with Crippen LogP contribution in [-0.4, -0.2) is 17.3 Å². The molecule has 16 heavy (non-hydrogen) atoms. The Balaban J connectivity index is 2.40. The molecule has 0 aliphatic rings. The maximum atomic E-state index is 12.1. The summed E-state index contributed by atoms with van der Waals surface area (Å²) in [6, 6.07) is 1.71. The van der Waals surface area contributed by atoms with Crippen LogP contribution in [0.25, 0.3) is 0 Å². The van der Waals surface area contributed by atoms with Crippen molar-refractivity contribution >= 4 is 0 Å². The van der Waals surface area contributed by atoms with E-state index in [0.717, 1.165) is 16.7 Å². The lowest BCUT2D eigenvalue weighted by Crippen LogP contribution is -2.19. The second-order valence-corrected chi connectivity index (χ2v) is 4.33. The number of aromatic nitrogens is 1. The Morgan fingerprint density at radius 1 is 1.38 bits per heavy atom. The summed E-state index contributed by atoms with van der Waals surface area (Å²) >= 11 is 0. The van der Waals surface area contributed by atoms with Gasteiger partial charge >= 0.3 is 6.18 Å². The Labute approximate surface area is 93.5 Å². The summed E-state index contributed by atoms with van der Waals surface area (Å²) in [6.07, 6.45) is -1.16. The average molecular weight is 234 g/mol. The average Bonchev–Trinajstić information content (AvgIpc) is 2.48. The molecule has 0 amide bonds. The molecule has 0 aliphatic heterocycles. The second kappa shape index (κ2) is 5.39. The summed E-state index contributed by atoms with van der Waals surface area (Å²) in [5.41, 5.74) is 0.880. The predicted octanol–water partition coefficient (Wildman–Crippen LogP) is 2.80. The van der Waals surface area contributed by atoms with Crippen molar-refractivity contribution in [2.45, 2.75) is 33.1 Å². The number of halogens is 3. The molecule has 0 fully saturated rings. The van der Waals surface area contributed by atoms with Gasteiger partial charge in [-0.25, -0.2) is 0 Å². The van der Waals surface area contributed by atoms with Gasteiger partial charge in [0.1, 0.15) is 6.54 Å². The van der Waals surface area contributed by atoms with Gasteiger partial charge in [0.2, 0.25) is 0 Å². The lowest BCUT2D eigenvalue weighted by molar-refractivity contribution is -0.140. The molecule has 0 saturated heterocycles. The third kappa shape index (κ3) is 5.21. The van der Waals surface area contributed by atoms with Crippen LogP contribution in [0.4, 0.5) is 13.2 Å². The topological polar surface area (TPSA) is 17.0 Å². The zero-order valence-electron chi connectivity index (χ0n) is 9.51. The van der Waals surface area contributed by atoms with Gasteiger partial charge in [0.25, 0.3) is 0 Å². The van der Waals surface area contributed by atoms with Gasteiger partial charge in [0.15, 0.2) is 0 Å². The summed E-state index contributed by atoms with van der Waals surface area (Å²) in [5.74, 6) is 0.539. The van der Waals surface area contributed by atoms with E-state index >= 15 is 0 Å². The highest BCUT2D eigenvalue weighted by molar-refractivity contribution is 5.10. The molecule has 0 aliphatic carbocycles. The monoisotopic (exact) mass is 234 g/mol. The number of hydrogen-bond donors (Lipinski definition) is 1.